The summed E-state index contributed by atoms with van der Waals surface area (Å²) in [5.74, 6) is -0.0122. The van der Waals surface area contributed by atoms with Crippen LogP contribution in [0.2, 0.25) is 0 Å². The molecule has 108 valence electrons. The molecule has 2 rings (SSSR count). The van der Waals surface area contributed by atoms with Gasteiger partial charge in [-0.05, 0) is 26.3 Å². The van der Waals surface area contributed by atoms with Gasteiger partial charge < -0.3 is 11.1 Å². The van der Waals surface area contributed by atoms with E-state index >= 15 is 0 Å². The van der Waals surface area contributed by atoms with Crippen molar-refractivity contribution in [3.05, 3.63) is 28.0 Å². The van der Waals surface area contributed by atoms with Crippen LogP contribution in [0.4, 0.5) is 5.13 Å². The summed E-state index contributed by atoms with van der Waals surface area (Å²) < 4.78 is 1.88. The van der Waals surface area contributed by atoms with E-state index in [2.05, 4.69) is 15.4 Å². The topological polar surface area (TPSA) is 85.8 Å². The molecule has 0 spiro atoms. The van der Waals surface area contributed by atoms with E-state index in [1.807, 2.05) is 30.8 Å². The van der Waals surface area contributed by atoms with E-state index in [-0.39, 0.29) is 5.91 Å². The quantitative estimate of drug-likeness (QED) is 0.876. The Labute approximate surface area is 122 Å². The lowest BCUT2D eigenvalue weighted by Gasteiger charge is -2.05. The lowest BCUT2D eigenvalue weighted by Crippen LogP contribution is -2.24. The normalized spacial score (nSPS) is 10.8. The first-order valence-corrected chi connectivity index (χ1v) is 7.32. The molecule has 0 unspecified atom stereocenters. The van der Waals surface area contributed by atoms with Crippen LogP contribution in [0.5, 0.6) is 0 Å². The summed E-state index contributed by atoms with van der Waals surface area (Å²) in [6, 6.07) is 0. The Morgan fingerprint density at radius 1 is 1.45 bits per heavy atom. The molecule has 2 aromatic rings. The molecule has 0 saturated carbocycles. The van der Waals surface area contributed by atoms with E-state index in [1.54, 1.807) is 0 Å². The summed E-state index contributed by atoms with van der Waals surface area (Å²) >= 11 is 1.37. The van der Waals surface area contributed by atoms with Gasteiger partial charge in [0.05, 0.1) is 17.9 Å². The van der Waals surface area contributed by atoms with Crippen molar-refractivity contribution in [2.45, 2.75) is 40.3 Å². The van der Waals surface area contributed by atoms with Gasteiger partial charge in [-0.2, -0.15) is 5.10 Å². The number of nitrogen functional groups attached to an aromatic ring is 1. The van der Waals surface area contributed by atoms with Crippen molar-refractivity contribution >= 4 is 22.4 Å². The van der Waals surface area contributed by atoms with Crippen molar-refractivity contribution in [2.75, 3.05) is 5.73 Å². The Morgan fingerprint density at radius 2 is 2.20 bits per heavy atom. The SMILES string of the molecule is Cc1nn(CCC(=O)NCc2csc(N)n2)c(C)c1C. The molecule has 0 aliphatic heterocycles. The number of aryl methyl sites for hydroxylation is 2. The Balaban J connectivity index is 1.81. The van der Waals surface area contributed by atoms with Crippen molar-refractivity contribution in [1.82, 2.24) is 20.1 Å². The van der Waals surface area contributed by atoms with E-state index in [0.29, 0.717) is 24.6 Å². The molecular weight excluding hydrogens is 274 g/mol. The highest BCUT2D eigenvalue weighted by Gasteiger charge is 2.09. The Kier molecular flexibility index (Phi) is 4.39. The summed E-state index contributed by atoms with van der Waals surface area (Å²) in [5, 5.41) is 9.61. The smallest absolute Gasteiger partial charge is 0.222 e. The maximum absolute atomic E-state index is 11.8. The van der Waals surface area contributed by atoms with E-state index in [0.717, 1.165) is 17.1 Å². The minimum absolute atomic E-state index is 0.0122. The lowest BCUT2D eigenvalue weighted by atomic mass is 10.2. The van der Waals surface area contributed by atoms with Crippen LogP contribution in [-0.2, 0) is 17.9 Å². The first-order chi connectivity index (χ1) is 9.47. The highest BCUT2D eigenvalue weighted by atomic mass is 32.1. The Hall–Kier alpha value is -1.89. The standard InChI is InChI=1S/C13H19N5OS/c1-8-9(2)17-18(10(8)3)5-4-12(19)15-6-11-7-20-13(14)16-11/h7H,4-6H2,1-3H3,(H2,14,16)(H,15,19). The first-order valence-electron chi connectivity index (χ1n) is 6.44. The van der Waals surface area contributed by atoms with Gasteiger partial charge >= 0.3 is 0 Å². The molecule has 0 bridgehead atoms. The molecular formula is C13H19N5OS. The van der Waals surface area contributed by atoms with Gasteiger partial charge in [-0.1, -0.05) is 0 Å². The number of thiazole rings is 1. The monoisotopic (exact) mass is 293 g/mol. The largest absolute Gasteiger partial charge is 0.375 e. The maximum atomic E-state index is 11.8. The number of aromatic nitrogens is 3. The van der Waals surface area contributed by atoms with E-state index in [4.69, 9.17) is 5.73 Å². The third-order valence-electron chi connectivity index (χ3n) is 3.33. The number of amides is 1. The van der Waals surface area contributed by atoms with Crippen molar-refractivity contribution in [2.24, 2.45) is 0 Å². The number of nitrogens with zero attached hydrogens (tertiary/aromatic N) is 3. The summed E-state index contributed by atoms with van der Waals surface area (Å²) in [6.45, 7) is 7.05. The number of nitrogens with two attached hydrogens (primary N) is 1. The summed E-state index contributed by atoms with van der Waals surface area (Å²) in [6.07, 6.45) is 0.404. The molecule has 2 aromatic heterocycles. The molecule has 0 aliphatic carbocycles. The van der Waals surface area contributed by atoms with Gasteiger partial charge in [0.1, 0.15) is 0 Å². The van der Waals surface area contributed by atoms with Crippen LogP contribution >= 0.6 is 11.3 Å². The molecule has 0 aliphatic rings. The minimum atomic E-state index is -0.0122. The molecule has 6 nitrogen and oxygen atoms in total. The highest BCUT2D eigenvalue weighted by molar-refractivity contribution is 7.13. The molecule has 0 radical (unpaired) electrons. The highest BCUT2D eigenvalue weighted by Crippen LogP contribution is 2.12. The van der Waals surface area contributed by atoms with E-state index in [9.17, 15) is 4.79 Å². The number of hydrogen-bond acceptors (Lipinski definition) is 5. The predicted molar refractivity (Wildman–Crippen MR) is 79.4 cm³/mol. The fourth-order valence-electron chi connectivity index (χ4n) is 1.89. The predicted octanol–water partition coefficient (Wildman–Crippen LogP) is 1.55. The second-order valence-electron chi connectivity index (χ2n) is 4.72. The molecule has 0 atom stereocenters. The fourth-order valence-corrected chi connectivity index (χ4v) is 2.46. The molecule has 2 heterocycles. The molecule has 20 heavy (non-hydrogen) atoms. The first kappa shape index (κ1) is 14.5. The average molecular weight is 293 g/mol. The Bertz CT molecular complexity index is 616. The zero-order valence-electron chi connectivity index (χ0n) is 11.9. The van der Waals surface area contributed by atoms with E-state index in [1.165, 1.54) is 16.9 Å². The number of carbonyl (C=O) groups is 1. The fraction of sp³-hybridized carbons (Fsp3) is 0.462. The van der Waals surface area contributed by atoms with Crippen LogP contribution in [-0.4, -0.2) is 20.7 Å². The number of nitrogens with one attached hydrogen (secondary N) is 1. The maximum Gasteiger partial charge on any atom is 0.222 e. The van der Waals surface area contributed by atoms with E-state index < -0.39 is 0 Å². The molecule has 3 N–H and O–H groups in total. The van der Waals surface area contributed by atoms with Gasteiger partial charge in [0.15, 0.2) is 5.13 Å². The van der Waals surface area contributed by atoms with Gasteiger partial charge in [0, 0.05) is 24.0 Å². The van der Waals surface area contributed by atoms with Crippen molar-refractivity contribution in [1.29, 1.82) is 0 Å². The van der Waals surface area contributed by atoms with Gasteiger partial charge in [0.2, 0.25) is 5.91 Å². The number of hydrogen-bond donors (Lipinski definition) is 2. The second-order valence-corrected chi connectivity index (χ2v) is 5.61. The Morgan fingerprint density at radius 3 is 2.75 bits per heavy atom. The second kappa shape index (κ2) is 6.04. The van der Waals surface area contributed by atoms with Crippen LogP contribution in [0.3, 0.4) is 0 Å². The van der Waals surface area contributed by atoms with Crippen molar-refractivity contribution < 1.29 is 4.79 Å². The van der Waals surface area contributed by atoms with Gasteiger partial charge in [-0.15, -0.1) is 11.3 Å². The third-order valence-corrected chi connectivity index (χ3v) is 4.05. The number of rotatable bonds is 5. The van der Waals surface area contributed by atoms with Gasteiger partial charge in [-0.25, -0.2) is 4.98 Å². The lowest BCUT2D eigenvalue weighted by molar-refractivity contribution is -0.121. The zero-order valence-corrected chi connectivity index (χ0v) is 12.8. The number of carbonyl (C=O) groups excluding carboxylic acids is 1. The van der Waals surface area contributed by atoms with Gasteiger partial charge in [-0.3, -0.25) is 9.48 Å². The summed E-state index contributed by atoms with van der Waals surface area (Å²) in [5.41, 5.74) is 9.64. The van der Waals surface area contributed by atoms with Crippen LogP contribution in [0.15, 0.2) is 5.38 Å². The molecule has 1 amide bonds. The van der Waals surface area contributed by atoms with Crippen molar-refractivity contribution in [3.63, 3.8) is 0 Å². The average Bonchev–Trinajstić information content (AvgIpc) is 2.93. The summed E-state index contributed by atoms with van der Waals surface area (Å²) in [7, 11) is 0. The summed E-state index contributed by atoms with van der Waals surface area (Å²) in [4.78, 5) is 15.9. The molecule has 0 saturated heterocycles. The number of anilines is 1. The van der Waals surface area contributed by atoms with Gasteiger partial charge in [0.25, 0.3) is 0 Å². The molecule has 7 heteroatoms. The minimum Gasteiger partial charge on any atom is -0.375 e. The van der Waals surface area contributed by atoms with Crippen LogP contribution in [0.1, 0.15) is 29.1 Å². The zero-order chi connectivity index (χ0) is 14.7. The van der Waals surface area contributed by atoms with Crippen LogP contribution in [0.25, 0.3) is 0 Å². The van der Waals surface area contributed by atoms with Crippen LogP contribution < -0.4 is 11.1 Å². The van der Waals surface area contributed by atoms with Crippen LogP contribution in [0, 0.1) is 20.8 Å². The van der Waals surface area contributed by atoms with Crippen molar-refractivity contribution in [3.8, 4) is 0 Å². The third kappa shape index (κ3) is 3.36. The molecule has 0 fully saturated rings. The molecule has 0 aromatic carbocycles.